The van der Waals surface area contributed by atoms with Crippen LogP contribution in [0.3, 0.4) is 0 Å². The fourth-order valence-electron chi connectivity index (χ4n) is 1.24. The van der Waals surface area contributed by atoms with E-state index in [0.29, 0.717) is 6.61 Å². The first-order valence-electron chi connectivity index (χ1n) is 5.64. The zero-order valence-corrected chi connectivity index (χ0v) is 11.4. The molecule has 0 unspecified atom stereocenters. The van der Waals surface area contributed by atoms with Gasteiger partial charge >= 0.3 is 0 Å². The zero-order valence-electron chi connectivity index (χ0n) is 10.6. The smallest absolute Gasteiger partial charge is 0.297 e. The Balaban J connectivity index is 2.60. The molecule has 100 valence electrons. The summed E-state index contributed by atoms with van der Waals surface area (Å²) in [6.07, 6.45) is 1.30. The first-order valence-corrected chi connectivity index (χ1v) is 7.05. The molecule has 1 aromatic rings. The summed E-state index contributed by atoms with van der Waals surface area (Å²) in [5.41, 5.74) is 0.997. The lowest BCUT2D eigenvalue weighted by atomic mass is 10.2. The molecule has 0 N–H and O–H groups in total. The highest BCUT2D eigenvalue weighted by atomic mass is 32.2. The maximum absolute atomic E-state index is 11.8. The van der Waals surface area contributed by atoms with Crippen molar-refractivity contribution in [1.29, 1.82) is 0 Å². The van der Waals surface area contributed by atoms with E-state index in [2.05, 4.69) is 6.58 Å². The molecule has 0 aromatic heterocycles. The maximum atomic E-state index is 11.8. The highest BCUT2D eigenvalue weighted by Crippen LogP contribution is 2.13. The molecule has 0 aliphatic carbocycles. The van der Waals surface area contributed by atoms with Gasteiger partial charge in [-0.25, -0.2) is 0 Å². The van der Waals surface area contributed by atoms with Crippen LogP contribution in [-0.4, -0.2) is 27.7 Å². The lowest BCUT2D eigenvalue weighted by Gasteiger charge is -2.12. The van der Waals surface area contributed by atoms with E-state index in [-0.39, 0.29) is 17.6 Å². The van der Waals surface area contributed by atoms with Crippen molar-refractivity contribution < 1.29 is 17.3 Å². The molecule has 1 aromatic carbocycles. The molecule has 0 bridgehead atoms. The summed E-state index contributed by atoms with van der Waals surface area (Å²) in [7, 11) is -3.70. The summed E-state index contributed by atoms with van der Waals surface area (Å²) >= 11 is 0. The Morgan fingerprint density at radius 3 is 2.50 bits per heavy atom. The molecule has 0 saturated heterocycles. The van der Waals surface area contributed by atoms with E-state index in [1.807, 2.05) is 6.92 Å². The Morgan fingerprint density at radius 2 is 1.94 bits per heavy atom. The second-order valence-corrected chi connectivity index (χ2v) is 5.60. The van der Waals surface area contributed by atoms with Gasteiger partial charge < -0.3 is 4.74 Å². The van der Waals surface area contributed by atoms with Gasteiger partial charge in [0.15, 0.2) is 0 Å². The van der Waals surface area contributed by atoms with Crippen molar-refractivity contribution in [2.24, 2.45) is 0 Å². The van der Waals surface area contributed by atoms with Crippen LogP contribution < -0.4 is 0 Å². The first-order chi connectivity index (χ1) is 8.45. The minimum Gasteiger partial charge on any atom is -0.372 e. The molecule has 4 nitrogen and oxygen atoms in total. The Labute approximate surface area is 108 Å². The highest BCUT2D eigenvalue weighted by molar-refractivity contribution is 7.86. The zero-order chi connectivity index (χ0) is 13.6. The summed E-state index contributed by atoms with van der Waals surface area (Å²) < 4.78 is 33.8. The van der Waals surface area contributed by atoms with Crippen LogP contribution in [0.5, 0.6) is 0 Å². The van der Waals surface area contributed by atoms with Crippen molar-refractivity contribution in [3.63, 3.8) is 0 Å². The highest BCUT2D eigenvalue weighted by Gasteiger charge is 2.16. The van der Waals surface area contributed by atoms with E-state index >= 15 is 0 Å². The average molecular weight is 270 g/mol. The Morgan fingerprint density at radius 1 is 1.33 bits per heavy atom. The van der Waals surface area contributed by atoms with Gasteiger partial charge in [-0.1, -0.05) is 23.8 Å². The van der Waals surface area contributed by atoms with E-state index < -0.39 is 10.1 Å². The quantitative estimate of drug-likeness (QED) is 0.563. The van der Waals surface area contributed by atoms with Crippen LogP contribution in [0.15, 0.2) is 41.8 Å². The number of hydrogen-bond donors (Lipinski definition) is 0. The minimum atomic E-state index is -3.70. The normalized spacial score (nSPS) is 13.2. The first kappa shape index (κ1) is 14.9. The molecule has 18 heavy (non-hydrogen) atoms. The number of rotatable bonds is 7. The van der Waals surface area contributed by atoms with Gasteiger partial charge in [0.25, 0.3) is 10.1 Å². The fourth-order valence-corrected chi connectivity index (χ4v) is 2.22. The van der Waals surface area contributed by atoms with Gasteiger partial charge in [-0.2, -0.15) is 8.42 Å². The number of aryl methyl sites for hydroxylation is 1. The molecule has 0 fully saturated rings. The third-order valence-corrected chi connectivity index (χ3v) is 3.56. The summed E-state index contributed by atoms with van der Waals surface area (Å²) in [5.74, 6) is 0. The Bertz CT molecular complexity index is 476. The molecule has 5 heteroatoms. The third kappa shape index (κ3) is 4.60. The second-order valence-electron chi connectivity index (χ2n) is 3.98. The maximum Gasteiger partial charge on any atom is 0.297 e. The molecule has 0 radical (unpaired) electrons. The van der Waals surface area contributed by atoms with Gasteiger partial charge in [0, 0.05) is 0 Å². The van der Waals surface area contributed by atoms with Crippen LogP contribution in [0.2, 0.25) is 0 Å². The molecule has 0 heterocycles. The van der Waals surface area contributed by atoms with Crippen molar-refractivity contribution in [2.75, 3.05) is 13.2 Å². The van der Waals surface area contributed by atoms with E-state index in [1.54, 1.807) is 25.1 Å². The molecule has 0 amide bonds. The van der Waals surface area contributed by atoms with Crippen LogP contribution in [0.4, 0.5) is 0 Å². The van der Waals surface area contributed by atoms with Crippen LogP contribution >= 0.6 is 0 Å². The molecule has 0 saturated carbocycles. The molecule has 0 aliphatic heterocycles. The Hall–Kier alpha value is -1.17. The van der Waals surface area contributed by atoms with Gasteiger partial charge in [0.2, 0.25) is 0 Å². The molecule has 1 atom stereocenters. The lowest BCUT2D eigenvalue weighted by molar-refractivity contribution is 0.0513. The summed E-state index contributed by atoms with van der Waals surface area (Å²) in [6, 6.07) is 6.52. The van der Waals surface area contributed by atoms with E-state index in [1.165, 1.54) is 12.1 Å². The third-order valence-electron chi connectivity index (χ3n) is 2.27. The Kier molecular flexibility index (Phi) is 5.53. The van der Waals surface area contributed by atoms with Crippen molar-refractivity contribution in [3.05, 3.63) is 42.5 Å². The van der Waals surface area contributed by atoms with Gasteiger partial charge in [-0.05, 0) is 26.0 Å². The van der Waals surface area contributed by atoms with Crippen molar-refractivity contribution >= 4 is 10.1 Å². The van der Waals surface area contributed by atoms with Crippen LogP contribution in [0, 0.1) is 6.92 Å². The molecular weight excluding hydrogens is 252 g/mol. The van der Waals surface area contributed by atoms with Crippen molar-refractivity contribution in [1.82, 2.24) is 0 Å². The molecule has 1 rings (SSSR count). The predicted octanol–water partition coefficient (Wildman–Crippen LogP) is 2.29. The van der Waals surface area contributed by atoms with Gasteiger partial charge in [0.05, 0.1) is 24.2 Å². The number of hydrogen-bond acceptors (Lipinski definition) is 4. The number of benzene rings is 1. The van der Waals surface area contributed by atoms with Crippen LogP contribution in [0.25, 0.3) is 0 Å². The van der Waals surface area contributed by atoms with Gasteiger partial charge in [-0.15, -0.1) is 6.58 Å². The monoisotopic (exact) mass is 270 g/mol. The van der Waals surface area contributed by atoms with E-state index in [9.17, 15) is 8.42 Å². The lowest BCUT2D eigenvalue weighted by Crippen LogP contribution is -2.19. The largest absolute Gasteiger partial charge is 0.372 e. The molecular formula is C13H18O4S. The average Bonchev–Trinajstić information content (AvgIpc) is 2.34. The summed E-state index contributed by atoms with van der Waals surface area (Å²) in [5, 5.41) is 0. The molecule has 0 aliphatic rings. The second kappa shape index (κ2) is 6.68. The SMILES string of the molecule is C=CCO[C@@H](C)COS(=O)(=O)c1ccc(C)cc1. The van der Waals surface area contributed by atoms with Gasteiger partial charge in [0.1, 0.15) is 0 Å². The van der Waals surface area contributed by atoms with Crippen LogP contribution in [-0.2, 0) is 19.0 Å². The predicted molar refractivity (Wildman–Crippen MR) is 69.9 cm³/mol. The molecule has 0 spiro atoms. The minimum absolute atomic E-state index is 0.00987. The summed E-state index contributed by atoms with van der Waals surface area (Å²) in [6.45, 7) is 7.51. The fraction of sp³-hybridized carbons (Fsp3) is 0.385. The van der Waals surface area contributed by atoms with Gasteiger partial charge in [-0.3, -0.25) is 4.18 Å². The van der Waals surface area contributed by atoms with E-state index in [0.717, 1.165) is 5.56 Å². The van der Waals surface area contributed by atoms with E-state index in [4.69, 9.17) is 8.92 Å². The number of ether oxygens (including phenoxy) is 1. The van der Waals surface area contributed by atoms with Crippen molar-refractivity contribution in [3.8, 4) is 0 Å². The summed E-state index contributed by atoms with van der Waals surface area (Å²) in [4.78, 5) is 0.157. The van der Waals surface area contributed by atoms with Crippen molar-refractivity contribution in [2.45, 2.75) is 24.8 Å². The standard InChI is InChI=1S/C13H18O4S/c1-4-9-16-12(3)10-17-18(14,15)13-7-5-11(2)6-8-13/h4-8,12H,1,9-10H2,2-3H3/t12-/m0/s1. The van der Waals surface area contributed by atoms with Crippen LogP contribution in [0.1, 0.15) is 12.5 Å². The topological polar surface area (TPSA) is 52.6 Å².